The van der Waals surface area contributed by atoms with E-state index >= 15 is 0 Å². The number of nitrogens with zero attached hydrogens (tertiary/aromatic N) is 3. The normalized spacial score (nSPS) is 11.7. The van der Waals surface area contributed by atoms with Crippen LogP contribution in [-0.2, 0) is 7.05 Å². The van der Waals surface area contributed by atoms with E-state index < -0.39 is 17.5 Å². The van der Waals surface area contributed by atoms with Gasteiger partial charge in [0.15, 0.2) is 10.6 Å². The van der Waals surface area contributed by atoms with E-state index in [0.717, 1.165) is 17.4 Å². The third-order valence-corrected chi connectivity index (χ3v) is 4.35. The van der Waals surface area contributed by atoms with Crippen LogP contribution in [0.4, 0.5) is 8.78 Å². The SMILES string of the molecule is Cn1c(=NC(=O)c2ccc(C#N)cc2)sc2cc(F)cc(F)c21. The fraction of sp³-hybridized carbons (Fsp3) is 0.0625. The molecule has 3 rings (SSSR count). The van der Waals surface area contributed by atoms with E-state index in [0.29, 0.717) is 15.8 Å². The maximum Gasteiger partial charge on any atom is 0.279 e. The Labute approximate surface area is 133 Å². The molecule has 0 radical (unpaired) electrons. The number of rotatable bonds is 1. The van der Waals surface area contributed by atoms with Gasteiger partial charge in [-0.1, -0.05) is 11.3 Å². The van der Waals surface area contributed by atoms with Gasteiger partial charge in [0.25, 0.3) is 5.91 Å². The van der Waals surface area contributed by atoms with Crippen LogP contribution in [-0.4, -0.2) is 10.5 Å². The number of amides is 1. The number of carbonyl (C=O) groups excluding carboxylic acids is 1. The summed E-state index contributed by atoms with van der Waals surface area (Å²) in [7, 11) is 1.56. The molecule has 1 amide bonds. The Morgan fingerprint density at radius 2 is 1.96 bits per heavy atom. The highest BCUT2D eigenvalue weighted by atomic mass is 32.1. The first-order valence-corrected chi connectivity index (χ1v) is 7.35. The molecular weight excluding hydrogens is 320 g/mol. The molecule has 0 atom stereocenters. The summed E-state index contributed by atoms with van der Waals surface area (Å²) >= 11 is 1.03. The largest absolute Gasteiger partial charge is 0.317 e. The molecule has 0 spiro atoms. The van der Waals surface area contributed by atoms with Crippen LogP contribution < -0.4 is 4.80 Å². The van der Waals surface area contributed by atoms with E-state index in [-0.39, 0.29) is 10.3 Å². The standard InChI is InChI=1S/C16H9F2N3OS/c1-21-14-12(18)6-11(17)7-13(14)23-16(21)20-15(22)10-4-2-9(8-19)3-5-10/h2-7H,1H3. The summed E-state index contributed by atoms with van der Waals surface area (Å²) in [6, 6.07) is 9.98. The van der Waals surface area contributed by atoms with Crippen LogP contribution >= 0.6 is 11.3 Å². The second-order valence-corrected chi connectivity index (χ2v) is 5.79. The zero-order valence-electron chi connectivity index (χ0n) is 11.9. The molecular formula is C16H9F2N3OS. The number of hydrogen-bond donors (Lipinski definition) is 0. The van der Waals surface area contributed by atoms with Crippen LogP contribution in [0.15, 0.2) is 41.4 Å². The number of thiazole rings is 1. The summed E-state index contributed by atoms with van der Waals surface area (Å²) in [5.41, 5.74) is 0.947. The number of nitriles is 1. The molecule has 0 N–H and O–H groups in total. The van der Waals surface area contributed by atoms with Crippen molar-refractivity contribution in [2.75, 3.05) is 0 Å². The molecule has 7 heteroatoms. The molecule has 1 aromatic heterocycles. The first-order valence-electron chi connectivity index (χ1n) is 6.53. The molecule has 4 nitrogen and oxygen atoms in total. The quantitative estimate of drug-likeness (QED) is 0.689. The van der Waals surface area contributed by atoms with Crippen LogP contribution in [0.5, 0.6) is 0 Å². The molecule has 0 bridgehead atoms. The first kappa shape index (κ1) is 15.1. The summed E-state index contributed by atoms with van der Waals surface area (Å²) in [6.45, 7) is 0. The van der Waals surface area contributed by atoms with E-state index in [1.807, 2.05) is 6.07 Å². The molecule has 0 aliphatic rings. The van der Waals surface area contributed by atoms with Gasteiger partial charge in [-0.05, 0) is 30.3 Å². The van der Waals surface area contributed by atoms with Gasteiger partial charge >= 0.3 is 0 Å². The van der Waals surface area contributed by atoms with Crippen molar-refractivity contribution < 1.29 is 13.6 Å². The molecule has 0 aliphatic carbocycles. The monoisotopic (exact) mass is 329 g/mol. The predicted molar refractivity (Wildman–Crippen MR) is 81.8 cm³/mol. The van der Waals surface area contributed by atoms with Crippen LogP contribution in [0, 0.1) is 23.0 Å². The Morgan fingerprint density at radius 3 is 2.61 bits per heavy atom. The van der Waals surface area contributed by atoms with Gasteiger partial charge in [0.1, 0.15) is 5.82 Å². The molecule has 0 unspecified atom stereocenters. The number of aryl methyl sites for hydroxylation is 1. The van der Waals surface area contributed by atoms with E-state index in [9.17, 15) is 13.6 Å². The highest BCUT2D eigenvalue weighted by Gasteiger charge is 2.12. The number of halogens is 2. The van der Waals surface area contributed by atoms with Gasteiger partial charge in [-0.3, -0.25) is 4.79 Å². The number of fused-ring (bicyclic) bond motifs is 1. The average molecular weight is 329 g/mol. The molecule has 3 aromatic rings. The topological polar surface area (TPSA) is 58.1 Å². The van der Waals surface area contributed by atoms with Crippen molar-refractivity contribution in [2.45, 2.75) is 0 Å². The second-order valence-electron chi connectivity index (χ2n) is 4.78. The molecule has 2 aromatic carbocycles. The minimum Gasteiger partial charge on any atom is -0.317 e. The second kappa shape index (κ2) is 5.74. The summed E-state index contributed by atoms with van der Waals surface area (Å²) in [5.74, 6) is -1.90. The molecule has 114 valence electrons. The van der Waals surface area contributed by atoms with E-state index in [4.69, 9.17) is 5.26 Å². The maximum absolute atomic E-state index is 13.9. The van der Waals surface area contributed by atoms with Gasteiger partial charge in [0.2, 0.25) is 0 Å². The minimum atomic E-state index is -0.703. The summed E-state index contributed by atoms with van der Waals surface area (Å²) < 4.78 is 28.9. The van der Waals surface area contributed by atoms with E-state index in [1.165, 1.54) is 34.9 Å². The lowest BCUT2D eigenvalue weighted by molar-refractivity contribution is 0.0998. The van der Waals surface area contributed by atoms with Gasteiger partial charge in [-0.15, -0.1) is 0 Å². The highest BCUT2D eigenvalue weighted by Crippen LogP contribution is 2.21. The fourth-order valence-electron chi connectivity index (χ4n) is 2.14. The maximum atomic E-state index is 13.9. The molecule has 23 heavy (non-hydrogen) atoms. The highest BCUT2D eigenvalue weighted by molar-refractivity contribution is 7.16. The van der Waals surface area contributed by atoms with E-state index in [2.05, 4.69) is 4.99 Å². The van der Waals surface area contributed by atoms with Gasteiger partial charge in [0, 0.05) is 18.7 Å². The Hall–Kier alpha value is -2.85. The molecule has 1 heterocycles. The lowest BCUT2D eigenvalue weighted by atomic mass is 10.1. The van der Waals surface area contributed by atoms with Crippen molar-refractivity contribution in [3.63, 3.8) is 0 Å². The van der Waals surface area contributed by atoms with Crippen LogP contribution in [0.25, 0.3) is 10.2 Å². The third kappa shape index (κ3) is 2.76. The van der Waals surface area contributed by atoms with Gasteiger partial charge in [-0.2, -0.15) is 10.3 Å². The molecule has 0 fully saturated rings. The van der Waals surface area contributed by atoms with Crippen LogP contribution in [0.3, 0.4) is 0 Å². The van der Waals surface area contributed by atoms with Gasteiger partial charge in [-0.25, -0.2) is 8.78 Å². The first-order chi connectivity index (χ1) is 11.0. The molecule has 0 aliphatic heterocycles. The Balaban J connectivity index is 2.10. The third-order valence-electron chi connectivity index (χ3n) is 3.27. The van der Waals surface area contributed by atoms with Crippen molar-refractivity contribution in [2.24, 2.45) is 12.0 Å². The van der Waals surface area contributed by atoms with Gasteiger partial charge in [0.05, 0.1) is 21.8 Å². The zero-order chi connectivity index (χ0) is 16.6. The van der Waals surface area contributed by atoms with Crippen molar-refractivity contribution in [1.29, 1.82) is 5.26 Å². The average Bonchev–Trinajstić information content (AvgIpc) is 2.83. The van der Waals surface area contributed by atoms with Gasteiger partial charge < -0.3 is 4.57 Å². The summed E-state index contributed by atoms with van der Waals surface area (Å²) in [4.78, 5) is 16.4. The van der Waals surface area contributed by atoms with Crippen molar-refractivity contribution in [3.8, 4) is 6.07 Å². The smallest absolute Gasteiger partial charge is 0.279 e. The molecule has 0 saturated carbocycles. The fourth-order valence-corrected chi connectivity index (χ4v) is 3.20. The summed E-state index contributed by atoms with van der Waals surface area (Å²) in [5, 5.41) is 8.74. The number of carbonyl (C=O) groups is 1. The lowest BCUT2D eigenvalue weighted by Gasteiger charge is -1.98. The lowest BCUT2D eigenvalue weighted by Crippen LogP contribution is -2.13. The number of aromatic nitrogens is 1. The van der Waals surface area contributed by atoms with E-state index in [1.54, 1.807) is 7.05 Å². The Bertz CT molecular complexity index is 1030. The summed E-state index contributed by atoms with van der Waals surface area (Å²) in [6.07, 6.45) is 0. The van der Waals surface area contributed by atoms with Crippen LogP contribution in [0.2, 0.25) is 0 Å². The molecule has 0 saturated heterocycles. The number of hydrogen-bond acceptors (Lipinski definition) is 3. The van der Waals surface area contributed by atoms with Crippen LogP contribution in [0.1, 0.15) is 15.9 Å². The predicted octanol–water partition coefficient (Wildman–Crippen LogP) is 3.13. The van der Waals surface area contributed by atoms with Crippen molar-refractivity contribution in [3.05, 3.63) is 64.0 Å². The minimum absolute atomic E-state index is 0.197. The van der Waals surface area contributed by atoms with Crippen molar-refractivity contribution in [1.82, 2.24) is 4.57 Å². The Morgan fingerprint density at radius 1 is 1.26 bits per heavy atom. The zero-order valence-corrected chi connectivity index (χ0v) is 12.7. The van der Waals surface area contributed by atoms with Crippen molar-refractivity contribution >= 4 is 27.5 Å². The Kier molecular flexibility index (Phi) is 3.76. The number of benzene rings is 2.